The maximum atomic E-state index is 11.1. The Morgan fingerprint density at radius 2 is 2.00 bits per heavy atom. The third-order valence-electron chi connectivity index (χ3n) is 2.25. The van der Waals surface area contributed by atoms with Crippen molar-refractivity contribution in [3.8, 4) is 0 Å². The van der Waals surface area contributed by atoms with Gasteiger partial charge in [0.25, 0.3) is 0 Å². The van der Waals surface area contributed by atoms with Crippen LogP contribution in [-0.2, 0) is 9.53 Å². The number of ether oxygens (including phenoxy) is 1. The third kappa shape index (κ3) is 1.53. The maximum Gasteiger partial charge on any atom is 0.354 e. The molecule has 0 N–H and O–H groups in total. The minimum Gasteiger partial charge on any atom is -0.464 e. The van der Waals surface area contributed by atoms with Crippen molar-refractivity contribution in [2.75, 3.05) is 7.11 Å². The summed E-state index contributed by atoms with van der Waals surface area (Å²) in [6.07, 6.45) is 0. The molecule has 1 unspecified atom stereocenters. The number of carbonyl (C=O) groups excluding carboxylic acids is 1. The van der Waals surface area contributed by atoms with Gasteiger partial charge in [0.2, 0.25) is 0 Å². The molecule has 3 heteroatoms. The molecule has 2 rings (SSSR count). The Morgan fingerprint density at radius 1 is 1.36 bits per heavy atom. The summed E-state index contributed by atoms with van der Waals surface area (Å²) in [4.78, 5) is 15.1. The van der Waals surface area contributed by atoms with E-state index >= 15 is 0 Å². The molecule has 0 bridgehead atoms. The fourth-order valence-corrected chi connectivity index (χ4v) is 1.35. The summed E-state index contributed by atoms with van der Waals surface area (Å²) in [5.74, 6) is -0.324. The van der Waals surface area contributed by atoms with Crippen LogP contribution in [0.1, 0.15) is 17.2 Å². The van der Waals surface area contributed by atoms with Crippen molar-refractivity contribution in [3.63, 3.8) is 0 Å². The lowest BCUT2D eigenvalue weighted by atomic mass is 10.1. The van der Waals surface area contributed by atoms with Crippen molar-refractivity contribution in [2.24, 2.45) is 4.99 Å². The van der Waals surface area contributed by atoms with E-state index in [0.29, 0.717) is 5.71 Å². The van der Waals surface area contributed by atoms with Gasteiger partial charge in [-0.2, -0.15) is 0 Å². The van der Waals surface area contributed by atoms with Gasteiger partial charge in [-0.3, -0.25) is 4.99 Å². The van der Waals surface area contributed by atoms with Crippen molar-refractivity contribution in [2.45, 2.75) is 13.0 Å². The van der Waals surface area contributed by atoms with Crippen LogP contribution in [0.3, 0.4) is 0 Å². The quantitative estimate of drug-likeness (QED) is 0.664. The number of methoxy groups -OCH3 is 1. The van der Waals surface area contributed by atoms with E-state index in [9.17, 15) is 4.79 Å². The van der Waals surface area contributed by atoms with Gasteiger partial charge in [-0.05, 0) is 12.5 Å². The number of aryl methyl sites for hydroxylation is 1. The van der Waals surface area contributed by atoms with Crippen LogP contribution >= 0.6 is 0 Å². The molecule has 0 saturated carbocycles. The first-order valence-electron chi connectivity index (χ1n) is 4.45. The first-order chi connectivity index (χ1) is 6.72. The van der Waals surface area contributed by atoms with E-state index in [1.165, 1.54) is 12.7 Å². The van der Waals surface area contributed by atoms with E-state index in [-0.39, 0.29) is 12.0 Å². The lowest BCUT2D eigenvalue weighted by molar-refractivity contribution is -0.132. The topological polar surface area (TPSA) is 38.7 Å². The van der Waals surface area contributed by atoms with Gasteiger partial charge >= 0.3 is 5.97 Å². The van der Waals surface area contributed by atoms with Crippen molar-refractivity contribution in [1.82, 2.24) is 0 Å². The van der Waals surface area contributed by atoms with E-state index in [4.69, 9.17) is 0 Å². The molecule has 1 heterocycles. The first-order valence-corrected chi connectivity index (χ1v) is 4.45. The number of nitrogens with zero attached hydrogens (tertiary/aromatic N) is 1. The number of benzene rings is 1. The standard InChI is InChI=1S/C11H11NO2/c1-7-3-5-8(6-4-7)9-10(12-9)11(13)14-2/h3-6,9H,1-2H3. The van der Waals surface area contributed by atoms with Crippen LogP contribution in [0.2, 0.25) is 0 Å². The third-order valence-corrected chi connectivity index (χ3v) is 2.25. The highest BCUT2D eigenvalue weighted by Crippen LogP contribution is 2.31. The van der Waals surface area contributed by atoms with Crippen molar-refractivity contribution in [1.29, 1.82) is 0 Å². The number of carbonyl (C=O) groups is 1. The highest BCUT2D eigenvalue weighted by atomic mass is 16.5. The number of esters is 1. The Morgan fingerprint density at radius 3 is 2.57 bits per heavy atom. The van der Waals surface area contributed by atoms with Gasteiger partial charge in [-0.25, -0.2) is 4.79 Å². The van der Waals surface area contributed by atoms with Crippen molar-refractivity contribution in [3.05, 3.63) is 35.4 Å². The summed E-state index contributed by atoms with van der Waals surface area (Å²) < 4.78 is 4.58. The SMILES string of the molecule is COC(=O)C1=NC1c1ccc(C)cc1. The highest BCUT2D eigenvalue weighted by molar-refractivity contribution is 6.44. The summed E-state index contributed by atoms with van der Waals surface area (Å²) in [5, 5.41) is 0. The number of hydrogen-bond donors (Lipinski definition) is 0. The average molecular weight is 189 g/mol. The van der Waals surface area contributed by atoms with Gasteiger partial charge in [0.05, 0.1) is 7.11 Å². The van der Waals surface area contributed by atoms with Crippen LogP contribution in [0, 0.1) is 6.92 Å². The van der Waals surface area contributed by atoms with E-state index < -0.39 is 0 Å². The van der Waals surface area contributed by atoms with E-state index in [1.54, 1.807) is 0 Å². The zero-order valence-corrected chi connectivity index (χ0v) is 8.15. The molecule has 1 aromatic carbocycles. The lowest BCUT2D eigenvalue weighted by Gasteiger charge is -1.98. The Bertz CT molecular complexity index is 392. The van der Waals surface area contributed by atoms with Crippen molar-refractivity contribution >= 4 is 11.7 Å². The molecule has 0 aromatic heterocycles. The van der Waals surface area contributed by atoms with Crippen LogP contribution < -0.4 is 0 Å². The second kappa shape index (κ2) is 3.25. The molecule has 0 saturated heterocycles. The van der Waals surface area contributed by atoms with Gasteiger partial charge in [0.1, 0.15) is 6.04 Å². The highest BCUT2D eigenvalue weighted by Gasteiger charge is 2.35. The second-order valence-corrected chi connectivity index (χ2v) is 3.32. The van der Waals surface area contributed by atoms with Crippen LogP contribution in [0.15, 0.2) is 29.3 Å². The molecule has 3 nitrogen and oxygen atoms in total. The molecule has 0 spiro atoms. The molecule has 0 aliphatic carbocycles. The molecule has 1 aromatic rings. The molecular formula is C11H11NO2. The Hall–Kier alpha value is -1.64. The fourth-order valence-electron chi connectivity index (χ4n) is 1.35. The molecule has 14 heavy (non-hydrogen) atoms. The smallest absolute Gasteiger partial charge is 0.354 e. The number of rotatable bonds is 2. The normalized spacial score (nSPS) is 18.7. The van der Waals surface area contributed by atoms with Crippen molar-refractivity contribution < 1.29 is 9.53 Å². The molecule has 0 radical (unpaired) electrons. The molecular weight excluding hydrogens is 178 g/mol. The first kappa shape index (κ1) is 8.94. The van der Waals surface area contributed by atoms with Crippen LogP contribution in [0.25, 0.3) is 0 Å². The Balaban J connectivity index is 2.08. The lowest BCUT2D eigenvalue weighted by Crippen LogP contribution is -2.08. The monoisotopic (exact) mass is 189 g/mol. The predicted octanol–water partition coefficient (Wildman–Crippen LogP) is 1.66. The Labute approximate surface area is 82.4 Å². The average Bonchev–Trinajstić information content (AvgIpc) is 2.98. The zero-order chi connectivity index (χ0) is 10.1. The van der Waals surface area contributed by atoms with E-state index in [0.717, 1.165) is 5.56 Å². The fraction of sp³-hybridized carbons (Fsp3) is 0.273. The van der Waals surface area contributed by atoms with Crippen LogP contribution in [0.4, 0.5) is 0 Å². The molecule has 1 atom stereocenters. The number of aliphatic imine (C=N–C) groups is 1. The van der Waals surface area contributed by atoms with Gasteiger partial charge in [-0.15, -0.1) is 0 Å². The molecule has 1 aliphatic rings. The van der Waals surface area contributed by atoms with E-state index in [1.807, 2.05) is 31.2 Å². The summed E-state index contributed by atoms with van der Waals surface area (Å²) in [7, 11) is 1.37. The molecule has 72 valence electrons. The van der Waals surface area contributed by atoms with Gasteiger partial charge in [-0.1, -0.05) is 29.8 Å². The van der Waals surface area contributed by atoms with Crippen LogP contribution in [-0.4, -0.2) is 18.8 Å². The van der Waals surface area contributed by atoms with Gasteiger partial charge in [0.15, 0.2) is 5.71 Å². The zero-order valence-electron chi connectivity index (χ0n) is 8.15. The van der Waals surface area contributed by atoms with Crippen LogP contribution in [0.5, 0.6) is 0 Å². The summed E-state index contributed by atoms with van der Waals surface area (Å²) in [6.45, 7) is 2.03. The largest absolute Gasteiger partial charge is 0.464 e. The summed E-state index contributed by atoms with van der Waals surface area (Å²) >= 11 is 0. The molecule has 0 fully saturated rings. The Kier molecular flexibility index (Phi) is 2.08. The number of hydrogen-bond acceptors (Lipinski definition) is 3. The minimum absolute atomic E-state index is 0.0666. The predicted molar refractivity (Wildman–Crippen MR) is 53.4 cm³/mol. The molecule has 1 aliphatic heterocycles. The summed E-state index contributed by atoms with van der Waals surface area (Å²) in [5.41, 5.74) is 2.78. The minimum atomic E-state index is -0.324. The van der Waals surface area contributed by atoms with Gasteiger partial charge in [0, 0.05) is 0 Å². The van der Waals surface area contributed by atoms with Gasteiger partial charge < -0.3 is 4.74 Å². The maximum absolute atomic E-state index is 11.1. The second-order valence-electron chi connectivity index (χ2n) is 3.32. The summed E-state index contributed by atoms with van der Waals surface area (Å²) in [6, 6.07) is 7.93. The molecule has 0 amide bonds. The van der Waals surface area contributed by atoms with E-state index in [2.05, 4.69) is 9.73 Å².